The molecule has 1 aromatic rings. The Hall–Kier alpha value is 0.0500. The predicted octanol–water partition coefficient (Wildman–Crippen LogP) is 3.23. The fourth-order valence-corrected chi connectivity index (χ4v) is 5.97. The molecule has 0 radical (unpaired) electrons. The maximum atomic E-state index is 12.4. The van der Waals surface area contributed by atoms with Gasteiger partial charge >= 0.3 is 0 Å². The van der Waals surface area contributed by atoms with E-state index in [2.05, 4.69) is 26.0 Å². The molecule has 2 N–H and O–H groups in total. The van der Waals surface area contributed by atoms with Gasteiger partial charge in [-0.25, -0.2) is 13.1 Å². The van der Waals surface area contributed by atoms with Crippen LogP contribution in [0.3, 0.4) is 0 Å². The SMILES string of the molecule is CCC(CC)NS(=O)(=O)c1cc(CNC2CC2)sc1Br. The van der Waals surface area contributed by atoms with E-state index in [1.807, 2.05) is 13.8 Å². The molecule has 0 unspecified atom stereocenters. The largest absolute Gasteiger partial charge is 0.309 e. The van der Waals surface area contributed by atoms with Gasteiger partial charge in [0.05, 0.1) is 3.79 Å². The van der Waals surface area contributed by atoms with Crippen LogP contribution in [0, 0.1) is 0 Å². The molecule has 1 aliphatic rings. The monoisotopic (exact) mass is 380 g/mol. The van der Waals surface area contributed by atoms with Crippen molar-refractivity contribution in [1.82, 2.24) is 10.0 Å². The first-order valence-corrected chi connectivity index (χ1v) is 10.1. The predicted molar refractivity (Wildman–Crippen MR) is 86.6 cm³/mol. The summed E-state index contributed by atoms with van der Waals surface area (Å²) in [6, 6.07) is 2.40. The first-order valence-electron chi connectivity index (χ1n) is 7.00. The van der Waals surface area contributed by atoms with E-state index in [-0.39, 0.29) is 6.04 Å². The average Bonchev–Trinajstić information content (AvgIpc) is 3.16. The van der Waals surface area contributed by atoms with Gasteiger partial charge in [0.2, 0.25) is 10.0 Å². The lowest BCUT2D eigenvalue weighted by molar-refractivity contribution is 0.530. The molecule has 1 fully saturated rings. The van der Waals surface area contributed by atoms with Crippen LogP contribution in [-0.2, 0) is 16.6 Å². The second-order valence-electron chi connectivity index (χ2n) is 5.14. The van der Waals surface area contributed by atoms with Crippen LogP contribution in [0.2, 0.25) is 0 Å². The Morgan fingerprint density at radius 2 is 2.05 bits per heavy atom. The Bertz CT molecular complexity index is 549. The molecule has 1 aliphatic carbocycles. The van der Waals surface area contributed by atoms with Gasteiger partial charge in [-0.3, -0.25) is 0 Å². The van der Waals surface area contributed by atoms with Crippen molar-refractivity contribution < 1.29 is 8.42 Å². The summed E-state index contributed by atoms with van der Waals surface area (Å²) in [5.74, 6) is 0. The van der Waals surface area contributed by atoms with E-state index in [9.17, 15) is 8.42 Å². The second kappa shape index (κ2) is 6.87. The molecule has 1 saturated carbocycles. The average molecular weight is 381 g/mol. The highest BCUT2D eigenvalue weighted by molar-refractivity contribution is 9.11. The number of thiophene rings is 1. The minimum atomic E-state index is -3.43. The third-order valence-electron chi connectivity index (χ3n) is 3.45. The van der Waals surface area contributed by atoms with Crippen molar-refractivity contribution in [2.45, 2.75) is 63.1 Å². The first-order chi connectivity index (χ1) is 9.46. The van der Waals surface area contributed by atoms with Crippen molar-refractivity contribution in [3.05, 3.63) is 14.7 Å². The van der Waals surface area contributed by atoms with Crippen LogP contribution in [0.1, 0.15) is 44.4 Å². The number of nitrogens with one attached hydrogen (secondary N) is 2. The zero-order valence-electron chi connectivity index (χ0n) is 11.8. The van der Waals surface area contributed by atoms with Crippen LogP contribution in [-0.4, -0.2) is 20.5 Å². The summed E-state index contributed by atoms with van der Waals surface area (Å²) < 4.78 is 28.2. The maximum absolute atomic E-state index is 12.4. The van der Waals surface area contributed by atoms with Gasteiger partial charge in [0.15, 0.2) is 0 Å². The van der Waals surface area contributed by atoms with Crippen molar-refractivity contribution in [3.63, 3.8) is 0 Å². The summed E-state index contributed by atoms with van der Waals surface area (Å²) in [7, 11) is -3.43. The fourth-order valence-electron chi connectivity index (χ4n) is 1.94. The lowest BCUT2D eigenvalue weighted by Gasteiger charge is -2.14. The smallest absolute Gasteiger partial charge is 0.242 e. The third kappa shape index (κ3) is 4.27. The summed E-state index contributed by atoms with van der Waals surface area (Å²) >= 11 is 4.87. The quantitative estimate of drug-likeness (QED) is 0.727. The molecule has 0 bridgehead atoms. The number of hydrogen-bond donors (Lipinski definition) is 2. The first kappa shape index (κ1) is 16.4. The molecular formula is C13H21BrN2O2S2. The Labute approximate surface area is 133 Å². The van der Waals surface area contributed by atoms with Crippen LogP contribution in [0.5, 0.6) is 0 Å². The molecular weight excluding hydrogens is 360 g/mol. The van der Waals surface area contributed by atoms with Gasteiger partial charge in [-0.2, -0.15) is 0 Å². The molecule has 0 aromatic carbocycles. The zero-order chi connectivity index (χ0) is 14.8. The summed E-state index contributed by atoms with van der Waals surface area (Å²) in [5.41, 5.74) is 0. The van der Waals surface area contributed by atoms with Crippen LogP contribution in [0.25, 0.3) is 0 Å². The summed E-state index contributed by atoms with van der Waals surface area (Å²) in [6.45, 7) is 4.73. The van der Waals surface area contributed by atoms with E-state index in [1.165, 1.54) is 24.2 Å². The minimum absolute atomic E-state index is 0.000149. The molecule has 0 spiro atoms. The third-order valence-corrected chi connectivity index (χ3v) is 7.22. The molecule has 0 aliphatic heterocycles. The molecule has 1 heterocycles. The van der Waals surface area contributed by atoms with Gasteiger partial charge in [0.1, 0.15) is 4.90 Å². The van der Waals surface area contributed by atoms with Gasteiger partial charge in [-0.15, -0.1) is 11.3 Å². The number of rotatable bonds is 8. The molecule has 114 valence electrons. The van der Waals surface area contributed by atoms with Crippen molar-refractivity contribution in [1.29, 1.82) is 0 Å². The van der Waals surface area contributed by atoms with E-state index in [4.69, 9.17) is 0 Å². The highest BCUT2D eigenvalue weighted by Crippen LogP contribution is 2.32. The van der Waals surface area contributed by atoms with Gasteiger partial charge in [0.25, 0.3) is 0 Å². The van der Waals surface area contributed by atoms with Crippen LogP contribution in [0.15, 0.2) is 14.7 Å². The second-order valence-corrected chi connectivity index (χ2v) is 9.28. The van der Waals surface area contributed by atoms with E-state index in [0.29, 0.717) is 14.7 Å². The topological polar surface area (TPSA) is 58.2 Å². The van der Waals surface area contributed by atoms with Crippen molar-refractivity contribution >= 4 is 37.3 Å². The molecule has 1 aromatic heterocycles. The fraction of sp³-hybridized carbons (Fsp3) is 0.692. The van der Waals surface area contributed by atoms with Gasteiger partial charge in [-0.1, -0.05) is 13.8 Å². The van der Waals surface area contributed by atoms with Gasteiger partial charge in [0, 0.05) is 23.5 Å². The summed E-state index contributed by atoms with van der Waals surface area (Å²) in [5, 5.41) is 3.40. The molecule has 4 nitrogen and oxygen atoms in total. The van der Waals surface area contributed by atoms with Gasteiger partial charge < -0.3 is 5.32 Å². The number of hydrogen-bond acceptors (Lipinski definition) is 4. The Balaban J connectivity index is 2.09. The lowest BCUT2D eigenvalue weighted by Crippen LogP contribution is -2.33. The number of halogens is 1. The van der Waals surface area contributed by atoms with E-state index in [1.54, 1.807) is 6.07 Å². The Morgan fingerprint density at radius 1 is 1.40 bits per heavy atom. The highest BCUT2D eigenvalue weighted by atomic mass is 79.9. The van der Waals surface area contributed by atoms with Crippen LogP contribution < -0.4 is 10.0 Å². The van der Waals surface area contributed by atoms with E-state index in [0.717, 1.165) is 24.3 Å². The summed E-state index contributed by atoms with van der Waals surface area (Å²) in [6.07, 6.45) is 4.06. The minimum Gasteiger partial charge on any atom is -0.309 e. The molecule has 2 rings (SSSR count). The molecule has 20 heavy (non-hydrogen) atoms. The van der Waals surface area contributed by atoms with Crippen LogP contribution in [0.4, 0.5) is 0 Å². The highest BCUT2D eigenvalue weighted by Gasteiger charge is 2.24. The van der Waals surface area contributed by atoms with Crippen LogP contribution >= 0.6 is 27.3 Å². The maximum Gasteiger partial charge on any atom is 0.242 e. The van der Waals surface area contributed by atoms with Crippen molar-refractivity contribution in [2.24, 2.45) is 0 Å². The Kier molecular flexibility index (Phi) is 5.64. The number of sulfonamides is 1. The standard InChI is InChI=1S/C13H21BrN2O2S2/c1-3-9(4-2)16-20(17,18)12-7-11(19-13(12)14)8-15-10-5-6-10/h7,9-10,15-16H,3-6,8H2,1-2H3. The molecule has 0 amide bonds. The molecule has 7 heteroatoms. The molecule has 0 atom stereocenters. The van der Waals surface area contributed by atoms with E-state index >= 15 is 0 Å². The van der Waals surface area contributed by atoms with Crippen molar-refractivity contribution in [3.8, 4) is 0 Å². The lowest BCUT2D eigenvalue weighted by atomic mass is 10.2. The van der Waals surface area contributed by atoms with Crippen molar-refractivity contribution in [2.75, 3.05) is 0 Å². The zero-order valence-corrected chi connectivity index (χ0v) is 15.0. The summed E-state index contributed by atoms with van der Waals surface area (Å²) in [4.78, 5) is 1.41. The Morgan fingerprint density at radius 3 is 2.60 bits per heavy atom. The molecule has 0 saturated heterocycles. The normalized spacial score (nSPS) is 16.0. The van der Waals surface area contributed by atoms with Gasteiger partial charge in [-0.05, 0) is 47.7 Å². The van der Waals surface area contributed by atoms with E-state index < -0.39 is 10.0 Å².